The number of aromatic nitrogens is 2. The maximum absolute atomic E-state index is 3.72. The molecule has 0 unspecified atom stereocenters. The van der Waals surface area contributed by atoms with Gasteiger partial charge >= 0.3 is 0 Å². The molecule has 0 bridgehead atoms. The summed E-state index contributed by atoms with van der Waals surface area (Å²) >= 11 is 0. The third kappa shape index (κ3) is 5.90. The Hall–Kier alpha value is -8.14. The molecule has 0 aliphatic heterocycles. The molecule has 12 rings (SSSR count). The molecular weight excluding hydrogens is 739 g/mol. The molecule has 61 heavy (non-hydrogen) atoms. The van der Waals surface area contributed by atoms with Crippen LogP contribution in [0.1, 0.15) is 0 Å². The SMILES string of the molecule is c1ccc(-c2ccc(Nc3ccccc3-c3cccc(-c4ccc5c(c4)c4c6c7ccccc7n(-c7ccccc7)c6ccc4n5-c4ccc5ccccc5c4)c3)cc2)cc1. The van der Waals surface area contributed by atoms with E-state index in [9.17, 15) is 0 Å². The summed E-state index contributed by atoms with van der Waals surface area (Å²) in [6.45, 7) is 0. The van der Waals surface area contributed by atoms with Gasteiger partial charge in [-0.1, -0.05) is 152 Å². The maximum Gasteiger partial charge on any atom is 0.0548 e. The number of nitrogens with zero attached hydrogens (tertiary/aromatic N) is 2. The summed E-state index contributed by atoms with van der Waals surface area (Å²) in [5, 5.41) is 11.2. The lowest BCUT2D eigenvalue weighted by Crippen LogP contribution is -1.95. The Kier molecular flexibility index (Phi) is 8.17. The zero-order valence-electron chi connectivity index (χ0n) is 33.3. The van der Waals surface area contributed by atoms with E-state index in [1.54, 1.807) is 0 Å². The molecule has 3 heteroatoms. The van der Waals surface area contributed by atoms with E-state index in [4.69, 9.17) is 0 Å². The van der Waals surface area contributed by atoms with Crippen LogP contribution in [-0.2, 0) is 0 Å². The van der Waals surface area contributed by atoms with E-state index >= 15 is 0 Å². The van der Waals surface area contributed by atoms with E-state index in [1.807, 2.05) is 0 Å². The van der Waals surface area contributed by atoms with Crippen LogP contribution in [0.5, 0.6) is 0 Å². The number of nitrogens with one attached hydrogen (secondary N) is 1. The summed E-state index contributed by atoms with van der Waals surface area (Å²) in [6.07, 6.45) is 0. The molecule has 0 saturated heterocycles. The highest BCUT2D eigenvalue weighted by Gasteiger charge is 2.21. The average Bonchev–Trinajstić information content (AvgIpc) is 3.85. The molecule has 0 atom stereocenters. The highest BCUT2D eigenvalue weighted by atomic mass is 15.0. The molecule has 0 saturated carbocycles. The van der Waals surface area contributed by atoms with Crippen LogP contribution in [0.3, 0.4) is 0 Å². The van der Waals surface area contributed by atoms with Crippen molar-refractivity contribution >= 4 is 65.8 Å². The van der Waals surface area contributed by atoms with Crippen LogP contribution < -0.4 is 5.32 Å². The molecule has 0 amide bonds. The number of hydrogen-bond acceptors (Lipinski definition) is 1. The molecule has 0 aliphatic rings. The average molecular weight is 778 g/mol. The van der Waals surface area contributed by atoms with Crippen molar-refractivity contribution in [2.75, 3.05) is 5.32 Å². The molecule has 0 radical (unpaired) electrons. The lowest BCUT2D eigenvalue weighted by Gasteiger charge is -2.14. The van der Waals surface area contributed by atoms with Crippen molar-refractivity contribution in [2.45, 2.75) is 0 Å². The first-order valence-corrected chi connectivity index (χ1v) is 20.9. The number of rotatable bonds is 7. The lowest BCUT2D eigenvalue weighted by molar-refractivity contribution is 1.17. The maximum atomic E-state index is 3.72. The Bertz CT molecular complexity index is 3600. The minimum Gasteiger partial charge on any atom is -0.355 e. The minimum atomic E-state index is 1.05. The van der Waals surface area contributed by atoms with E-state index in [0.29, 0.717) is 0 Å². The summed E-state index contributed by atoms with van der Waals surface area (Å²) in [6, 6.07) is 83.5. The van der Waals surface area contributed by atoms with Crippen molar-refractivity contribution in [3.63, 3.8) is 0 Å². The third-order valence-electron chi connectivity index (χ3n) is 12.3. The highest BCUT2D eigenvalue weighted by molar-refractivity contribution is 6.29. The van der Waals surface area contributed by atoms with Crippen molar-refractivity contribution in [3.8, 4) is 44.8 Å². The van der Waals surface area contributed by atoms with Gasteiger partial charge in [-0.2, -0.15) is 0 Å². The molecule has 1 N–H and O–H groups in total. The minimum absolute atomic E-state index is 1.05. The molecule has 2 heterocycles. The Balaban J connectivity index is 1.03. The van der Waals surface area contributed by atoms with Crippen LogP contribution >= 0.6 is 0 Å². The Morgan fingerprint density at radius 1 is 0.295 bits per heavy atom. The molecule has 0 spiro atoms. The molecule has 286 valence electrons. The van der Waals surface area contributed by atoms with E-state index in [2.05, 4.69) is 245 Å². The van der Waals surface area contributed by atoms with Gasteiger partial charge in [-0.25, -0.2) is 0 Å². The van der Waals surface area contributed by atoms with Gasteiger partial charge in [-0.15, -0.1) is 0 Å². The summed E-state index contributed by atoms with van der Waals surface area (Å²) in [5.41, 5.74) is 16.3. The molecule has 2 aromatic heterocycles. The predicted octanol–water partition coefficient (Wildman–Crippen LogP) is 15.8. The fraction of sp³-hybridized carbons (Fsp3) is 0. The Labute approximate surface area is 354 Å². The second-order valence-electron chi connectivity index (χ2n) is 15.8. The first-order valence-electron chi connectivity index (χ1n) is 20.9. The van der Waals surface area contributed by atoms with Gasteiger partial charge in [0.25, 0.3) is 0 Å². The Morgan fingerprint density at radius 3 is 1.70 bits per heavy atom. The molecule has 10 aromatic carbocycles. The third-order valence-corrected chi connectivity index (χ3v) is 12.3. The van der Waals surface area contributed by atoms with Crippen LogP contribution in [-0.4, -0.2) is 9.13 Å². The van der Waals surface area contributed by atoms with Crippen molar-refractivity contribution in [3.05, 3.63) is 231 Å². The van der Waals surface area contributed by atoms with Gasteiger partial charge in [0.2, 0.25) is 0 Å². The monoisotopic (exact) mass is 777 g/mol. The van der Waals surface area contributed by atoms with Gasteiger partial charge in [-0.3, -0.25) is 0 Å². The first-order chi connectivity index (χ1) is 30.2. The number of hydrogen-bond donors (Lipinski definition) is 1. The zero-order valence-corrected chi connectivity index (χ0v) is 33.3. The molecule has 12 aromatic rings. The summed E-state index contributed by atoms with van der Waals surface area (Å²) in [7, 11) is 0. The molecule has 0 aliphatic carbocycles. The normalized spacial score (nSPS) is 11.6. The molecule has 0 fully saturated rings. The van der Waals surface area contributed by atoms with Gasteiger partial charge in [-0.05, 0) is 117 Å². The van der Waals surface area contributed by atoms with Crippen LogP contribution in [0, 0.1) is 0 Å². The molecular formula is C58H39N3. The summed E-state index contributed by atoms with van der Waals surface area (Å²) in [4.78, 5) is 0. The number of benzene rings is 10. The highest BCUT2D eigenvalue weighted by Crippen LogP contribution is 2.44. The van der Waals surface area contributed by atoms with E-state index in [0.717, 1.165) is 33.9 Å². The van der Waals surface area contributed by atoms with Crippen molar-refractivity contribution in [2.24, 2.45) is 0 Å². The van der Waals surface area contributed by atoms with Gasteiger partial charge in [0.15, 0.2) is 0 Å². The lowest BCUT2D eigenvalue weighted by atomic mass is 9.96. The van der Waals surface area contributed by atoms with Crippen LogP contribution in [0.2, 0.25) is 0 Å². The van der Waals surface area contributed by atoms with Gasteiger partial charge < -0.3 is 14.5 Å². The Morgan fingerprint density at radius 2 is 0.869 bits per heavy atom. The van der Waals surface area contributed by atoms with Gasteiger partial charge in [0, 0.05) is 49.9 Å². The van der Waals surface area contributed by atoms with E-state index < -0.39 is 0 Å². The fourth-order valence-electron chi connectivity index (χ4n) is 9.44. The summed E-state index contributed by atoms with van der Waals surface area (Å²) < 4.78 is 4.87. The topological polar surface area (TPSA) is 21.9 Å². The first kappa shape index (κ1) is 34.9. The zero-order chi connectivity index (χ0) is 40.3. The standard InChI is InChI=1S/C58H39N3/c1-3-14-39(15-4-1)41-26-30-46(31-27-41)59-52-24-11-9-22-49(52)45-19-13-18-42(36-45)44-29-33-54-51(38-44)58-56(61(54)48-32-28-40-16-7-8-17-43(40)37-48)35-34-55-57(58)50-23-10-12-25-53(50)60(55)47-20-5-2-6-21-47/h1-38,59H. The number of fused-ring (bicyclic) bond motifs is 8. The second-order valence-corrected chi connectivity index (χ2v) is 15.8. The van der Waals surface area contributed by atoms with Crippen molar-refractivity contribution in [1.82, 2.24) is 9.13 Å². The van der Waals surface area contributed by atoms with Crippen LogP contribution in [0.4, 0.5) is 11.4 Å². The number of anilines is 2. The van der Waals surface area contributed by atoms with Gasteiger partial charge in [0.05, 0.1) is 22.1 Å². The van der Waals surface area contributed by atoms with E-state index in [-0.39, 0.29) is 0 Å². The van der Waals surface area contributed by atoms with Crippen LogP contribution in [0.15, 0.2) is 231 Å². The van der Waals surface area contributed by atoms with Gasteiger partial charge in [0.1, 0.15) is 0 Å². The largest absolute Gasteiger partial charge is 0.355 e. The van der Waals surface area contributed by atoms with E-state index in [1.165, 1.54) is 76.6 Å². The van der Waals surface area contributed by atoms with Crippen molar-refractivity contribution in [1.29, 1.82) is 0 Å². The van der Waals surface area contributed by atoms with Crippen molar-refractivity contribution < 1.29 is 0 Å². The molecule has 3 nitrogen and oxygen atoms in total. The summed E-state index contributed by atoms with van der Waals surface area (Å²) in [5.74, 6) is 0. The smallest absolute Gasteiger partial charge is 0.0548 e. The fourth-order valence-corrected chi connectivity index (χ4v) is 9.44. The second kappa shape index (κ2) is 14.3. The predicted molar refractivity (Wildman–Crippen MR) is 259 cm³/mol. The quantitative estimate of drug-likeness (QED) is 0.171. The number of para-hydroxylation sites is 3. The van der Waals surface area contributed by atoms with Crippen LogP contribution in [0.25, 0.3) is 99.1 Å².